The average Bonchev–Trinajstić information content (AvgIpc) is 2.98. The topological polar surface area (TPSA) is 88.6 Å². The first-order valence-corrected chi connectivity index (χ1v) is 11.1. The van der Waals surface area contributed by atoms with Gasteiger partial charge in [0.25, 0.3) is 0 Å². The highest BCUT2D eigenvalue weighted by Gasteiger charge is 2.27. The molecule has 1 aliphatic heterocycles. The molecule has 0 bridgehead atoms. The second kappa shape index (κ2) is 10.1. The number of nitrogens with one attached hydrogen (secondary N) is 2. The minimum atomic E-state index is -0.491. The van der Waals surface area contributed by atoms with Crippen LogP contribution in [0.1, 0.15) is 57.2 Å². The third-order valence-corrected chi connectivity index (χ3v) is 5.44. The number of amides is 1. The first-order chi connectivity index (χ1) is 15.2. The molecule has 2 aromatic heterocycles. The van der Waals surface area contributed by atoms with E-state index in [0.717, 1.165) is 47.8 Å². The van der Waals surface area contributed by atoms with Crippen molar-refractivity contribution in [3.05, 3.63) is 35.7 Å². The summed E-state index contributed by atoms with van der Waals surface area (Å²) in [6, 6.07) is 5.97. The van der Waals surface area contributed by atoms with Crippen LogP contribution in [0.15, 0.2) is 24.4 Å². The van der Waals surface area contributed by atoms with Crippen LogP contribution in [0.5, 0.6) is 5.75 Å². The van der Waals surface area contributed by atoms with Gasteiger partial charge in [0.2, 0.25) is 0 Å². The molecule has 0 saturated carbocycles. The Bertz CT molecular complexity index is 942. The summed E-state index contributed by atoms with van der Waals surface area (Å²) in [4.78, 5) is 23.4. The molecule has 3 rings (SSSR count). The fraction of sp³-hybridized carbons (Fsp3) is 0.542. The second-order valence-corrected chi connectivity index (χ2v) is 9.16. The molecular weight excluding hydrogens is 406 g/mol. The van der Waals surface area contributed by atoms with E-state index >= 15 is 0 Å². The number of nitrogens with zero attached hydrogens (tertiary/aromatic N) is 3. The maximum absolute atomic E-state index is 12.5. The number of carbonyl (C=O) groups is 1. The van der Waals surface area contributed by atoms with E-state index in [0.29, 0.717) is 18.9 Å². The molecule has 0 aliphatic carbocycles. The molecule has 3 heterocycles. The predicted octanol–water partition coefficient (Wildman–Crippen LogP) is 5.08. The minimum absolute atomic E-state index is 0.243. The monoisotopic (exact) mass is 441 g/mol. The lowest BCUT2D eigenvalue weighted by atomic mass is 9.92. The highest BCUT2D eigenvalue weighted by molar-refractivity contribution is 5.68. The summed E-state index contributed by atoms with van der Waals surface area (Å²) in [5.41, 5.74) is 2.51. The zero-order valence-electron chi connectivity index (χ0n) is 20.0. The van der Waals surface area contributed by atoms with Crippen molar-refractivity contribution in [3.8, 4) is 5.75 Å². The van der Waals surface area contributed by atoms with E-state index in [1.165, 1.54) is 0 Å². The van der Waals surface area contributed by atoms with Gasteiger partial charge >= 0.3 is 6.09 Å². The average molecular weight is 442 g/mol. The molecule has 0 spiro atoms. The Hall–Kier alpha value is -3.03. The van der Waals surface area contributed by atoms with Gasteiger partial charge in [-0.2, -0.15) is 0 Å². The van der Waals surface area contributed by atoms with Gasteiger partial charge in [-0.3, -0.25) is 0 Å². The number of pyridine rings is 2. The van der Waals surface area contributed by atoms with Crippen LogP contribution < -0.4 is 15.4 Å². The number of carbonyl (C=O) groups excluding carboxylic acids is 1. The van der Waals surface area contributed by atoms with Crippen molar-refractivity contribution in [3.63, 3.8) is 0 Å². The number of rotatable bonds is 5. The van der Waals surface area contributed by atoms with Crippen LogP contribution in [-0.4, -0.2) is 53.8 Å². The maximum Gasteiger partial charge on any atom is 0.410 e. The normalized spacial score (nSPS) is 16.8. The predicted molar refractivity (Wildman–Crippen MR) is 127 cm³/mol. The molecule has 1 fully saturated rings. The smallest absolute Gasteiger partial charge is 0.410 e. The van der Waals surface area contributed by atoms with Gasteiger partial charge in [-0.1, -0.05) is 0 Å². The highest BCUT2D eigenvalue weighted by Crippen LogP contribution is 2.36. The Balaban J connectivity index is 1.77. The Morgan fingerprint density at radius 2 is 1.94 bits per heavy atom. The molecule has 8 nitrogen and oxygen atoms in total. The first-order valence-electron chi connectivity index (χ1n) is 11.1. The molecule has 32 heavy (non-hydrogen) atoms. The van der Waals surface area contributed by atoms with Crippen LogP contribution in [0.4, 0.5) is 22.1 Å². The largest absolute Gasteiger partial charge is 0.495 e. The number of methoxy groups -OCH3 is 1. The molecule has 1 atom stereocenters. The molecule has 1 aliphatic rings. The van der Waals surface area contributed by atoms with Crippen molar-refractivity contribution in [2.45, 2.75) is 58.5 Å². The molecule has 2 N–H and O–H groups in total. The van der Waals surface area contributed by atoms with E-state index in [2.05, 4.69) is 20.6 Å². The summed E-state index contributed by atoms with van der Waals surface area (Å²) in [6.07, 6.45) is 4.22. The van der Waals surface area contributed by atoms with Crippen LogP contribution >= 0.6 is 0 Å². The van der Waals surface area contributed by atoms with Gasteiger partial charge in [0, 0.05) is 43.1 Å². The van der Waals surface area contributed by atoms with Gasteiger partial charge < -0.3 is 25.0 Å². The van der Waals surface area contributed by atoms with E-state index in [-0.39, 0.29) is 12.0 Å². The lowest BCUT2D eigenvalue weighted by Gasteiger charge is -2.26. The zero-order chi connectivity index (χ0) is 23.3. The van der Waals surface area contributed by atoms with Gasteiger partial charge in [-0.05, 0) is 65.0 Å². The van der Waals surface area contributed by atoms with E-state index in [1.807, 2.05) is 57.8 Å². The Kier molecular flexibility index (Phi) is 7.43. The summed E-state index contributed by atoms with van der Waals surface area (Å²) in [6.45, 7) is 8.99. The number of anilines is 3. The fourth-order valence-corrected chi connectivity index (χ4v) is 3.94. The number of likely N-dealkylation sites (tertiary alicyclic amines) is 1. The second-order valence-electron chi connectivity index (χ2n) is 9.16. The summed E-state index contributed by atoms with van der Waals surface area (Å²) in [5.74, 6) is 2.47. The Morgan fingerprint density at radius 1 is 1.16 bits per heavy atom. The number of ether oxygens (including phenoxy) is 2. The number of aromatic nitrogens is 2. The van der Waals surface area contributed by atoms with Gasteiger partial charge in [0.1, 0.15) is 23.0 Å². The van der Waals surface area contributed by atoms with Crippen molar-refractivity contribution in [2.75, 3.05) is 37.9 Å². The zero-order valence-corrected chi connectivity index (χ0v) is 20.0. The third kappa shape index (κ3) is 6.24. The SMILES string of the molecule is CNc1cc(C)nc(Nc2cc(C3CCCN(C(=O)OC(C)(C)C)CC3)c(OC)cn2)c1. The van der Waals surface area contributed by atoms with E-state index in [9.17, 15) is 4.79 Å². The number of hydrogen-bond donors (Lipinski definition) is 2. The standard InChI is InChI=1S/C24H35N5O3/c1-16-12-18(25-5)13-22(27-16)28-21-14-19(20(31-6)15-26-21)17-8-7-10-29(11-9-17)23(30)32-24(2,3)4/h12-15,17H,7-11H2,1-6H3,(H2,25,26,27,28). The lowest BCUT2D eigenvalue weighted by Crippen LogP contribution is -2.37. The third-order valence-electron chi connectivity index (χ3n) is 5.44. The van der Waals surface area contributed by atoms with Crippen LogP contribution in [0, 0.1) is 6.92 Å². The van der Waals surface area contributed by atoms with Gasteiger partial charge in [0.05, 0.1) is 13.3 Å². The molecule has 2 aromatic rings. The van der Waals surface area contributed by atoms with E-state index < -0.39 is 5.60 Å². The van der Waals surface area contributed by atoms with Crippen LogP contribution in [-0.2, 0) is 4.74 Å². The van der Waals surface area contributed by atoms with Crippen molar-refractivity contribution in [1.29, 1.82) is 0 Å². The van der Waals surface area contributed by atoms with Gasteiger partial charge in [-0.15, -0.1) is 0 Å². The fourth-order valence-electron chi connectivity index (χ4n) is 3.94. The van der Waals surface area contributed by atoms with E-state index in [1.54, 1.807) is 13.3 Å². The molecule has 1 saturated heterocycles. The molecule has 1 amide bonds. The van der Waals surface area contributed by atoms with Crippen molar-refractivity contribution >= 4 is 23.4 Å². The minimum Gasteiger partial charge on any atom is -0.495 e. The number of aryl methyl sites for hydroxylation is 1. The highest BCUT2D eigenvalue weighted by atomic mass is 16.6. The van der Waals surface area contributed by atoms with Crippen LogP contribution in [0.3, 0.4) is 0 Å². The Morgan fingerprint density at radius 3 is 2.62 bits per heavy atom. The molecule has 8 heteroatoms. The number of hydrogen-bond acceptors (Lipinski definition) is 7. The van der Waals surface area contributed by atoms with Crippen molar-refractivity contribution < 1.29 is 14.3 Å². The van der Waals surface area contributed by atoms with Crippen molar-refractivity contribution in [2.24, 2.45) is 0 Å². The molecule has 0 radical (unpaired) electrons. The lowest BCUT2D eigenvalue weighted by molar-refractivity contribution is 0.0256. The summed E-state index contributed by atoms with van der Waals surface area (Å²) >= 11 is 0. The van der Waals surface area contributed by atoms with E-state index in [4.69, 9.17) is 9.47 Å². The Labute approximate surface area is 190 Å². The summed E-state index contributed by atoms with van der Waals surface area (Å²) in [5, 5.41) is 6.46. The van der Waals surface area contributed by atoms with Crippen LogP contribution in [0.25, 0.3) is 0 Å². The van der Waals surface area contributed by atoms with Crippen LogP contribution in [0.2, 0.25) is 0 Å². The van der Waals surface area contributed by atoms with Crippen molar-refractivity contribution in [1.82, 2.24) is 14.9 Å². The molecule has 0 aromatic carbocycles. The molecule has 174 valence electrons. The summed E-state index contributed by atoms with van der Waals surface area (Å²) in [7, 11) is 3.55. The quantitative estimate of drug-likeness (QED) is 0.668. The van der Waals surface area contributed by atoms with Gasteiger partial charge in [0.15, 0.2) is 0 Å². The summed E-state index contributed by atoms with van der Waals surface area (Å²) < 4.78 is 11.2. The first kappa shape index (κ1) is 23.6. The van der Waals surface area contributed by atoms with Gasteiger partial charge in [-0.25, -0.2) is 14.8 Å². The maximum atomic E-state index is 12.5. The molecule has 1 unspecified atom stereocenters. The molecular formula is C24H35N5O3.